The Morgan fingerprint density at radius 3 is 2.67 bits per heavy atom. The third-order valence-electron chi connectivity index (χ3n) is 4.33. The molecule has 0 aromatic heterocycles. The third kappa shape index (κ3) is 5.03. The highest BCUT2D eigenvalue weighted by atomic mass is 35.5. The molecule has 1 aliphatic heterocycles. The minimum atomic E-state index is -0.117. The summed E-state index contributed by atoms with van der Waals surface area (Å²) in [4.78, 5) is 29.0. The summed E-state index contributed by atoms with van der Waals surface area (Å²) in [6, 6.07) is 13.0. The summed E-state index contributed by atoms with van der Waals surface area (Å²) < 4.78 is 0. The van der Waals surface area contributed by atoms with Crippen LogP contribution in [0.5, 0.6) is 0 Å². The van der Waals surface area contributed by atoms with E-state index in [4.69, 9.17) is 11.6 Å². The number of likely N-dealkylation sites (N-methyl/N-ethyl adjacent to an activating group) is 1. The van der Waals surface area contributed by atoms with Crippen LogP contribution in [0.3, 0.4) is 0 Å². The second-order valence-corrected chi connectivity index (χ2v) is 8.24. The number of hydrogen-bond donors (Lipinski definition) is 2. The molecule has 27 heavy (non-hydrogen) atoms. The molecule has 2 aromatic rings. The number of nitrogens with one attached hydrogen (secondary N) is 2. The van der Waals surface area contributed by atoms with E-state index < -0.39 is 0 Å². The summed E-state index contributed by atoms with van der Waals surface area (Å²) >= 11 is 7.46. The van der Waals surface area contributed by atoms with E-state index in [1.54, 1.807) is 4.90 Å². The maximum Gasteiger partial charge on any atom is 0.251 e. The minimum absolute atomic E-state index is 0.0382. The van der Waals surface area contributed by atoms with Crippen LogP contribution in [-0.2, 0) is 11.3 Å². The largest absolute Gasteiger partial charge is 0.346 e. The van der Waals surface area contributed by atoms with Gasteiger partial charge in [-0.25, -0.2) is 0 Å². The Kier molecular flexibility index (Phi) is 6.42. The summed E-state index contributed by atoms with van der Waals surface area (Å²) in [5.41, 5.74) is 2.35. The van der Waals surface area contributed by atoms with Gasteiger partial charge in [-0.3, -0.25) is 9.59 Å². The molecule has 1 aliphatic rings. The van der Waals surface area contributed by atoms with E-state index in [-0.39, 0.29) is 11.8 Å². The fraction of sp³-hybridized carbons (Fsp3) is 0.300. The van der Waals surface area contributed by atoms with Gasteiger partial charge in [0.25, 0.3) is 5.91 Å². The Labute approximate surface area is 168 Å². The zero-order valence-corrected chi connectivity index (χ0v) is 17.0. The lowest BCUT2D eigenvalue weighted by molar-refractivity contribution is -0.856. The fourth-order valence-electron chi connectivity index (χ4n) is 2.82. The van der Waals surface area contributed by atoms with Crippen molar-refractivity contribution in [1.82, 2.24) is 5.32 Å². The van der Waals surface area contributed by atoms with Crippen LogP contribution >= 0.6 is 23.4 Å². The molecule has 2 aromatic carbocycles. The Morgan fingerprint density at radius 1 is 1.22 bits per heavy atom. The van der Waals surface area contributed by atoms with Crippen molar-refractivity contribution in [3.63, 3.8) is 0 Å². The Morgan fingerprint density at radius 2 is 1.96 bits per heavy atom. The van der Waals surface area contributed by atoms with Gasteiger partial charge in [0.2, 0.25) is 5.91 Å². The van der Waals surface area contributed by atoms with Crippen molar-refractivity contribution in [2.24, 2.45) is 0 Å². The van der Waals surface area contributed by atoms with E-state index in [9.17, 15) is 9.59 Å². The molecule has 0 saturated carbocycles. The predicted molar refractivity (Wildman–Crippen MR) is 110 cm³/mol. The number of hydrogen-bond acceptors (Lipinski definition) is 3. The molecule has 2 N–H and O–H groups in total. The van der Waals surface area contributed by atoms with Gasteiger partial charge in [-0.1, -0.05) is 23.7 Å². The molecule has 7 heteroatoms. The monoisotopic (exact) mass is 404 g/mol. The van der Waals surface area contributed by atoms with Crippen molar-refractivity contribution >= 4 is 40.9 Å². The Hall–Kier alpha value is -2.02. The average Bonchev–Trinajstić information content (AvgIpc) is 2.65. The van der Waals surface area contributed by atoms with Crippen molar-refractivity contribution < 1.29 is 14.5 Å². The van der Waals surface area contributed by atoms with Gasteiger partial charge < -0.3 is 15.1 Å². The number of benzene rings is 2. The predicted octanol–water partition coefficient (Wildman–Crippen LogP) is 1.85. The van der Waals surface area contributed by atoms with Gasteiger partial charge in [-0.15, -0.1) is 11.8 Å². The van der Waals surface area contributed by atoms with Gasteiger partial charge in [0, 0.05) is 15.5 Å². The SMILES string of the molecule is C[NH+](C)CCNC(=O)c1ccc2c(c1)N(Cc1ccc(Cl)cc1)C(=O)CS2. The van der Waals surface area contributed by atoms with E-state index in [0.29, 0.717) is 29.4 Å². The topological polar surface area (TPSA) is 53.9 Å². The first kappa shape index (κ1) is 19.7. The number of halogens is 1. The quantitative estimate of drug-likeness (QED) is 0.772. The van der Waals surface area contributed by atoms with E-state index in [1.807, 2.05) is 56.6 Å². The molecular formula is C20H23ClN3O2S+. The van der Waals surface area contributed by atoms with Crippen molar-refractivity contribution in [3.8, 4) is 0 Å². The highest BCUT2D eigenvalue weighted by Crippen LogP contribution is 2.37. The molecule has 0 aliphatic carbocycles. The van der Waals surface area contributed by atoms with Crippen molar-refractivity contribution in [2.45, 2.75) is 11.4 Å². The number of rotatable bonds is 6. The van der Waals surface area contributed by atoms with Gasteiger partial charge in [0.05, 0.1) is 45.2 Å². The second kappa shape index (κ2) is 8.78. The van der Waals surface area contributed by atoms with Crippen LogP contribution in [0.1, 0.15) is 15.9 Å². The standard InChI is InChI=1S/C20H22ClN3O2S/c1-23(2)10-9-22-20(26)15-5-8-18-17(11-15)24(19(25)13-27-18)12-14-3-6-16(21)7-4-14/h3-8,11H,9-10,12-13H2,1-2H3,(H,22,26)/p+1. The second-order valence-electron chi connectivity index (χ2n) is 6.79. The van der Waals surface area contributed by atoms with Gasteiger partial charge >= 0.3 is 0 Å². The van der Waals surface area contributed by atoms with E-state index >= 15 is 0 Å². The molecule has 0 saturated heterocycles. The number of amides is 2. The highest BCUT2D eigenvalue weighted by molar-refractivity contribution is 8.00. The van der Waals surface area contributed by atoms with Crippen LogP contribution in [0.25, 0.3) is 0 Å². The summed E-state index contributed by atoms with van der Waals surface area (Å²) in [6.07, 6.45) is 0. The van der Waals surface area contributed by atoms with E-state index in [2.05, 4.69) is 5.32 Å². The lowest BCUT2D eigenvalue weighted by atomic mass is 10.1. The first-order valence-corrected chi connectivity index (χ1v) is 10.2. The molecule has 3 rings (SSSR count). The number of carbonyl (C=O) groups is 2. The van der Waals surface area contributed by atoms with E-state index in [1.165, 1.54) is 16.7 Å². The summed E-state index contributed by atoms with van der Waals surface area (Å²) in [5.74, 6) is 0.322. The lowest BCUT2D eigenvalue weighted by Crippen LogP contribution is -3.06. The van der Waals surface area contributed by atoms with Gasteiger partial charge in [-0.2, -0.15) is 0 Å². The van der Waals surface area contributed by atoms with Crippen LogP contribution in [0, 0.1) is 0 Å². The maximum atomic E-state index is 12.5. The molecule has 0 radical (unpaired) electrons. The van der Waals surface area contributed by atoms with Crippen LogP contribution in [0.4, 0.5) is 5.69 Å². The Balaban J connectivity index is 1.81. The van der Waals surface area contributed by atoms with Crippen LogP contribution in [-0.4, -0.2) is 44.8 Å². The zero-order valence-electron chi connectivity index (χ0n) is 15.4. The van der Waals surface area contributed by atoms with Crippen molar-refractivity contribution in [3.05, 3.63) is 58.6 Å². The van der Waals surface area contributed by atoms with E-state index in [0.717, 1.165) is 22.7 Å². The molecule has 5 nitrogen and oxygen atoms in total. The smallest absolute Gasteiger partial charge is 0.251 e. The lowest BCUT2D eigenvalue weighted by Gasteiger charge is -2.29. The summed E-state index contributed by atoms with van der Waals surface area (Å²) in [7, 11) is 4.09. The number of carbonyl (C=O) groups excluding carboxylic acids is 2. The first-order chi connectivity index (χ1) is 12.9. The molecular weight excluding hydrogens is 382 g/mol. The highest BCUT2D eigenvalue weighted by Gasteiger charge is 2.26. The number of fused-ring (bicyclic) bond motifs is 1. The molecule has 2 amide bonds. The van der Waals surface area contributed by atoms with Crippen LogP contribution in [0.15, 0.2) is 47.4 Å². The maximum absolute atomic E-state index is 12.5. The minimum Gasteiger partial charge on any atom is -0.346 e. The number of nitrogens with zero attached hydrogens (tertiary/aromatic N) is 1. The zero-order chi connectivity index (χ0) is 19.4. The average molecular weight is 405 g/mol. The fourth-order valence-corrected chi connectivity index (χ4v) is 3.86. The van der Waals surface area contributed by atoms with Crippen LogP contribution < -0.4 is 15.1 Å². The molecule has 0 unspecified atom stereocenters. The van der Waals surface area contributed by atoms with Crippen LogP contribution in [0.2, 0.25) is 5.02 Å². The number of quaternary nitrogens is 1. The number of thioether (sulfide) groups is 1. The first-order valence-electron chi connectivity index (χ1n) is 8.83. The van der Waals surface area contributed by atoms with Gasteiger partial charge in [0.15, 0.2) is 0 Å². The molecule has 1 heterocycles. The van der Waals surface area contributed by atoms with Gasteiger partial charge in [-0.05, 0) is 35.9 Å². The third-order valence-corrected chi connectivity index (χ3v) is 5.63. The molecule has 0 spiro atoms. The van der Waals surface area contributed by atoms with Gasteiger partial charge in [0.1, 0.15) is 0 Å². The summed E-state index contributed by atoms with van der Waals surface area (Å²) in [5, 5.41) is 3.60. The molecule has 0 bridgehead atoms. The molecule has 142 valence electrons. The molecule has 0 fully saturated rings. The Bertz CT molecular complexity index is 840. The van der Waals surface area contributed by atoms with Crippen molar-refractivity contribution in [1.29, 1.82) is 0 Å². The molecule has 0 atom stereocenters. The van der Waals surface area contributed by atoms with Crippen molar-refractivity contribution in [2.75, 3.05) is 37.8 Å². The normalized spacial score (nSPS) is 13.6. The summed E-state index contributed by atoms with van der Waals surface area (Å²) in [6.45, 7) is 1.92. The number of anilines is 1.